The summed E-state index contributed by atoms with van der Waals surface area (Å²) >= 11 is 0. The van der Waals surface area contributed by atoms with Gasteiger partial charge in [-0.25, -0.2) is 0 Å². The van der Waals surface area contributed by atoms with Crippen LogP contribution in [0.2, 0.25) is 0 Å². The highest BCUT2D eigenvalue weighted by molar-refractivity contribution is 5.84. The molecule has 0 radical (unpaired) electrons. The van der Waals surface area contributed by atoms with Crippen molar-refractivity contribution in [2.75, 3.05) is 20.1 Å². The van der Waals surface area contributed by atoms with E-state index in [0.29, 0.717) is 6.04 Å². The smallest absolute Gasteiger partial charge is 0.237 e. The van der Waals surface area contributed by atoms with Gasteiger partial charge in [0.2, 0.25) is 5.91 Å². The Morgan fingerprint density at radius 1 is 1.44 bits per heavy atom. The van der Waals surface area contributed by atoms with E-state index in [1.54, 1.807) is 0 Å². The highest BCUT2D eigenvalue weighted by atomic mass is 16.1. The number of likely N-dealkylation sites (N-methyl/N-ethyl adjacent to an activating group) is 1. The normalized spacial score (nSPS) is 16.6. The molecule has 18 heavy (non-hydrogen) atoms. The van der Waals surface area contributed by atoms with Crippen LogP contribution >= 0.6 is 0 Å². The number of rotatable bonds is 10. The Morgan fingerprint density at radius 3 is 2.50 bits per heavy atom. The van der Waals surface area contributed by atoms with Gasteiger partial charge >= 0.3 is 0 Å². The van der Waals surface area contributed by atoms with Gasteiger partial charge < -0.3 is 16.0 Å². The van der Waals surface area contributed by atoms with Gasteiger partial charge in [0.25, 0.3) is 0 Å². The minimum atomic E-state index is -0.566. The number of nitrogens with two attached hydrogens (primary N) is 1. The van der Waals surface area contributed by atoms with Gasteiger partial charge in [-0.1, -0.05) is 20.3 Å². The van der Waals surface area contributed by atoms with Crippen molar-refractivity contribution in [3.8, 4) is 0 Å². The number of carbonyl (C=O) groups is 1. The van der Waals surface area contributed by atoms with E-state index in [4.69, 9.17) is 5.73 Å². The number of carbonyl (C=O) groups excluding carboxylic acids is 1. The van der Waals surface area contributed by atoms with Gasteiger partial charge in [-0.2, -0.15) is 0 Å². The lowest BCUT2D eigenvalue weighted by Crippen LogP contribution is -2.53. The van der Waals surface area contributed by atoms with Crippen LogP contribution in [-0.2, 0) is 4.79 Å². The standard InChI is InChI=1S/C14H31N3O/c1-6-9-12(3)17(5)11-8-10-14(4,13(15)18)16-7-2/h12,16H,6-11H2,1-5H3,(H2,15,18). The van der Waals surface area contributed by atoms with Crippen LogP contribution in [0.3, 0.4) is 0 Å². The van der Waals surface area contributed by atoms with Gasteiger partial charge in [0.15, 0.2) is 0 Å². The lowest BCUT2D eigenvalue weighted by Gasteiger charge is -2.29. The molecule has 0 aliphatic rings. The van der Waals surface area contributed by atoms with E-state index in [-0.39, 0.29) is 5.91 Å². The SMILES string of the molecule is CCCC(C)N(C)CCCC(C)(NCC)C(N)=O. The summed E-state index contributed by atoms with van der Waals surface area (Å²) in [6.45, 7) is 10.1. The summed E-state index contributed by atoms with van der Waals surface area (Å²) in [6, 6.07) is 0.606. The maximum absolute atomic E-state index is 11.5. The maximum atomic E-state index is 11.5. The average Bonchev–Trinajstić information content (AvgIpc) is 2.29. The van der Waals surface area contributed by atoms with Gasteiger partial charge in [0.1, 0.15) is 0 Å². The highest BCUT2D eigenvalue weighted by Gasteiger charge is 2.29. The van der Waals surface area contributed by atoms with Crippen molar-refractivity contribution in [1.82, 2.24) is 10.2 Å². The fourth-order valence-corrected chi connectivity index (χ4v) is 2.23. The minimum absolute atomic E-state index is 0.256. The molecule has 0 fully saturated rings. The first-order chi connectivity index (χ1) is 8.37. The zero-order chi connectivity index (χ0) is 14.2. The van der Waals surface area contributed by atoms with Crippen molar-refractivity contribution in [2.45, 2.75) is 65.0 Å². The van der Waals surface area contributed by atoms with Crippen molar-refractivity contribution in [2.24, 2.45) is 5.73 Å². The molecule has 2 atom stereocenters. The number of amides is 1. The molecule has 4 nitrogen and oxygen atoms in total. The van der Waals surface area contributed by atoms with Crippen molar-refractivity contribution in [3.63, 3.8) is 0 Å². The van der Waals surface area contributed by atoms with Crippen LogP contribution in [0.15, 0.2) is 0 Å². The molecule has 0 aliphatic heterocycles. The van der Waals surface area contributed by atoms with Gasteiger partial charge in [-0.15, -0.1) is 0 Å². The Kier molecular flexibility index (Phi) is 8.20. The monoisotopic (exact) mass is 257 g/mol. The molecule has 0 spiro atoms. The van der Waals surface area contributed by atoms with E-state index in [1.165, 1.54) is 12.8 Å². The van der Waals surface area contributed by atoms with E-state index >= 15 is 0 Å². The van der Waals surface area contributed by atoms with Gasteiger partial charge in [-0.05, 0) is 53.2 Å². The first-order valence-corrected chi connectivity index (χ1v) is 7.12. The molecule has 108 valence electrons. The van der Waals surface area contributed by atoms with Crippen molar-refractivity contribution in [3.05, 3.63) is 0 Å². The molecule has 0 saturated carbocycles. The molecule has 4 heteroatoms. The van der Waals surface area contributed by atoms with Crippen LogP contribution in [0.4, 0.5) is 0 Å². The number of primary amides is 1. The topological polar surface area (TPSA) is 58.4 Å². The van der Waals surface area contributed by atoms with E-state index in [1.807, 2.05) is 13.8 Å². The minimum Gasteiger partial charge on any atom is -0.368 e. The third-order valence-corrected chi connectivity index (χ3v) is 3.76. The first kappa shape index (κ1) is 17.4. The lowest BCUT2D eigenvalue weighted by atomic mass is 9.94. The Hall–Kier alpha value is -0.610. The Bertz CT molecular complexity index is 245. The van der Waals surface area contributed by atoms with Crippen LogP contribution in [-0.4, -0.2) is 42.5 Å². The number of hydrogen-bond acceptors (Lipinski definition) is 3. The van der Waals surface area contributed by atoms with Crippen LogP contribution in [0.1, 0.15) is 53.4 Å². The first-order valence-electron chi connectivity index (χ1n) is 7.12. The van der Waals surface area contributed by atoms with Crippen molar-refractivity contribution >= 4 is 5.91 Å². The summed E-state index contributed by atoms with van der Waals surface area (Å²) in [4.78, 5) is 13.8. The molecule has 0 saturated heterocycles. The molecule has 3 N–H and O–H groups in total. The number of nitrogens with one attached hydrogen (secondary N) is 1. The van der Waals surface area contributed by atoms with Gasteiger partial charge in [-0.3, -0.25) is 4.79 Å². The summed E-state index contributed by atoms with van der Waals surface area (Å²) in [5, 5.41) is 3.19. The fourth-order valence-electron chi connectivity index (χ4n) is 2.23. The maximum Gasteiger partial charge on any atom is 0.237 e. The summed E-state index contributed by atoms with van der Waals surface area (Å²) in [5.41, 5.74) is 4.90. The molecule has 0 aliphatic carbocycles. The molecule has 0 heterocycles. The third-order valence-electron chi connectivity index (χ3n) is 3.76. The molecule has 0 aromatic carbocycles. The molecule has 2 unspecified atom stereocenters. The van der Waals surface area contributed by atoms with Gasteiger partial charge in [0, 0.05) is 6.04 Å². The Balaban J connectivity index is 4.10. The Labute approximate surface area is 112 Å². The zero-order valence-corrected chi connectivity index (χ0v) is 12.8. The van der Waals surface area contributed by atoms with E-state index in [2.05, 4.69) is 31.1 Å². The molecule has 1 amide bonds. The Morgan fingerprint density at radius 2 is 2.06 bits per heavy atom. The summed E-state index contributed by atoms with van der Waals surface area (Å²) in [7, 11) is 2.15. The third kappa shape index (κ3) is 5.83. The van der Waals surface area contributed by atoms with Crippen LogP contribution in [0.25, 0.3) is 0 Å². The summed E-state index contributed by atoms with van der Waals surface area (Å²) < 4.78 is 0. The fraction of sp³-hybridized carbons (Fsp3) is 0.929. The second kappa shape index (κ2) is 8.48. The van der Waals surface area contributed by atoms with Crippen LogP contribution in [0.5, 0.6) is 0 Å². The summed E-state index contributed by atoms with van der Waals surface area (Å²) in [6.07, 6.45) is 4.20. The predicted octanol–water partition coefficient (Wildman–Crippen LogP) is 1.74. The van der Waals surface area contributed by atoms with Gasteiger partial charge in [0.05, 0.1) is 5.54 Å². The molecular weight excluding hydrogens is 226 g/mol. The highest BCUT2D eigenvalue weighted by Crippen LogP contribution is 2.13. The van der Waals surface area contributed by atoms with Crippen molar-refractivity contribution < 1.29 is 4.79 Å². The van der Waals surface area contributed by atoms with E-state index < -0.39 is 5.54 Å². The van der Waals surface area contributed by atoms with Crippen molar-refractivity contribution in [1.29, 1.82) is 0 Å². The molecule has 0 rings (SSSR count). The van der Waals surface area contributed by atoms with E-state index in [9.17, 15) is 4.79 Å². The van der Waals surface area contributed by atoms with Crippen LogP contribution in [0, 0.1) is 0 Å². The predicted molar refractivity (Wildman–Crippen MR) is 77.5 cm³/mol. The van der Waals surface area contributed by atoms with E-state index in [0.717, 1.165) is 25.9 Å². The quantitative estimate of drug-likeness (QED) is 0.627. The second-order valence-corrected chi connectivity index (χ2v) is 5.45. The molecule has 0 aromatic rings. The molecule has 0 bridgehead atoms. The summed E-state index contributed by atoms with van der Waals surface area (Å²) in [5.74, 6) is -0.256. The lowest BCUT2D eigenvalue weighted by molar-refractivity contribution is -0.124. The average molecular weight is 257 g/mol. The second-order valence-electron chi connectivity index (χ2n) is 5.45. The number of hydrogen-bond donors (Lipinski definition) is 2. The number of nitrogens with zero attached hydrogens (tertiary/aromatic N) is 1. The zero-order valence-electron chi connectivity index (χ0n) is 12.8. The van der Waals surface area contributed by atoms with Crippen LogP contribution < -0.4 is 11.1 Å². The largest absolute Gasteiger partial charge is 0.368 e. The molecular formula is C14H31N3O. The molecule has 0 aromatic heterocycles.